The van der Waals surface area contributed by atoms with Crippen LogP contribution in [0.4, 0.5) is 0 Å². The average molecular weight is 231 g/mol. The third kappa shape index (κ3) is 3.69. The van der Waals surface area contributed by atoms with Crippen molar-refractivity contribution in [3.05, 3.63) is 54.1 Å². The van der Waals surface area contributed by atoms with Gasteiger partial charge >= 0.3 is 0 Å². The molecule has 0 aliphatic rings. The zero-order valence-corrected chi connectivity index (χ0v) is 9.97. The summed E-state index contributed by atoms with van der Waals surface area (Å²) in [6, 6.07) is 10.1. The maximum absolute atomic E-state index is 5.37. The minimum Gasteiger partial charge on any atom is -0.338 e. The molecular weight excluding hydrogens is 214 g/mol. The third-order valence-electron chi connectivity index (χ3n) is 2.56. The topological polar surface area (TPSA) is 39.1 Å². The molecular formula is C13H17N3O. The van der Waals surface area contributed by atoms with Gasteiger partial charge in [0.1, 0.15) is 5.82 Å². The van der Waals surface area contributed by atoms with Crippen LogP contribution in [0.2, 0.25) is 0 Å². The molecule has 1 N–H and O–H groups in total. The molecule has 0 radical (unpaired) electrons. The van der Waals surface area contributed by atoms with Crippen molar-refractivity contribution < 1.29 is 4.84 Å². The predicted octanol–water partition coefficient (Wildman–Crippen LogP) is 1.68. The van der Waals surface area contributed by atoms with Gasteiger partial charge in [-0.2, -0.15) is 0 Å². The van der Waals surface area contributed by atoms with Crippen LogP contribution in [0.5, 0.6) is 0 Å². The van der Waals surface area contributed by atoms with Crippen LogP contribution in [0.1, 0.15) is 11.4 Å². The van der Waals surface area contributed by atoms with Crippen LogP contribution in [0.3, 0.4) is 0 Å². The van der Waals surface area contributed by atoms with Gasteiger partial charge < -0.3 is 4.57 Å². The molecule has 1 aromatic carbocycles. The summed E-state index contributed by atoms with van der Waals surface area (Å²) in [5.74, 6) is 1.06. The molecule has 0 aliphatic carbocycles. The minimum absolute atomic E-state index is 0.585. The van der Waals surface area contributed by atoms with E-state index in [2.05, 4.69) is 10.5 Å². The van der Waals surface area contributed by atoms with E-state index in [-0.39, 0.29) is 0 Å². The highest BCUT2D eigenvalue weighted by atomic mass is 16.6. The highest BCUT2D eigenvalue weighted by Crippen LogP contribution is 1.99. The van der Waals surface area contributed by atoms with Gasteiger partial charge in [-0.1, -0.05) is 30.3 Å². The molecule has 2 rings (SSSR count). The molecule has 0 amide bonds. The van der Waals surface area contributed by atoms with Crippen molar-refractivity contribution in [3.8, 4) is 0 Å². The average Bonchev–Trinajstić information content (AvgIpc) is 2.76. The van der Waals surface area contributed by atoms with Gasteiger partial charge in [0.05, 0.1) is 6.61 Å². The Labute approximate surface area is 101 Å². The van der Waals surface area contributed by atoms with Crippen molar-refractivity contribution in [2.24, 2.45) is 7.05 Å². The normalized spacial score (nSPS) is 10.6. The lowest BCUT2D eigenvalue weighted by atomic mass is 10.2. The van der Waals surface area contributed by atoms with E-state index in [0.29, 0.717) is 6.61 Å². The summed E-state index contributed by atoms with van der Waals surface area (Å²) < 4.78 is 2.01. The lowest BCUT2D eigenvalue weighted by Crippen LogP contribution is -2.19. The second-order valence-corrected chi connectivity index (χ2v) is 3.87. The Morgan fingerprint density at radius 3 is 2.82 bits per heavy atom. The Morgan fingerprint density at radius 2 is 2.12 bits per heavy atom. The van der Waals surface area contributed by atoms with Crippen LogP contribution in [0.25, 0.3) is 0 Å². The summed E-state index contributed by atoms with van der Waals surface area (Å²) >= 11 is 0. The van der Waals surface area contributed by atoms with E-state index in [1.807, 2.05) is 48.1 Å². The number of imidazole rings is 1. The first kappa shape index (κ1) is 11.8. The molecule has 0 aliphatic heterocycles. The number of nitrogens with zero attached hydrogens (tertiary/aromatic N) is 2. The van der Waals surface area contributed by atoms with Crippen molar-refractivity contribution in [3.63, 3.8) is 0 Å². The molecule has 0 saturated heterocycles. The molecule has 0 unspecified atom stereocenters. The van der Waals surface area contributed by atoms with E-state index in [0.717, 1.165) is 24.4 Å². The summed E-state index contributed by atoms with van der Waals surface area (Å²) in [4.78, 5) is 9.61. The molecule has 1 aromatic heterocycles. The van der Waals surface area contributed by atoms with E-state index in [1.165, 1.54) is 0 Å². The SMILES string of the molecule is Cn1ccnc1CCNOCc1ccccc1. The van der Waals surface area contributed by atoms with Crippen molar-refractivity contribution in [1.82, 2.24) is 15.0 Å². The number of aryl methyl sites for hydroxylation is 1. The van der Waals surface area contributed by atoms with Gasteiger partial charge in [0.15, 0.2) is 0 Å². The zero-order chi connectivity index (χ0) is 11.9. The van der Waals surface area contributed by atoms with Gasteiger partial charge in [-0.05, 0) is 5.56 Å². The number of nitrogens with one attached hydrogen (secondary N) is 1. The monoisotopic (exact) mass is 231 g/mol. The maximum atomic E-state index is 5.37. The van der Waals surface area contributed by atoms with E-state index in [9.17, 15) is 0 Å². The number of hydrogen-bond acceptors (Lipinski definition) is 3. The lowest BCUT2D eigenvalue weighted by Gasteiger charge is -2.06. The number of aromatic nitrogens is 2. The van der Waals surface area contributed by atoms with Crippen molar-refractivity contribution in [1.29, 1.82) is 0 Å². The first-order valence-electron chi connectivity index (χ1n) is 5.71. The molecule has 0 bridgehead atoms. The largest absolute Gasteiger partial charge is 0.338 e. The van der Waals surface area contributed by atoms with E-state index in [4.69, 9.17) is 4.84 Å². The van der Waals surface area contributed by atoms with E-state index < -0.39 is 0 Å². The molecule has 17 heavy (non-hydrogen) atoms. The van der Waals surface area contributed by atoms with Crippen molar-refractivity contribution >= 4 is 0 Å². The smallest absolute Gasteiger partial charge is 0.109 e. The summed E-state index contributed by atoms with van der Waals surface area (Å²) in [5, 5.41) is 0. The summed E-state index contributed by atoms with van der Waals surface area (Å²) in [7, 11) is 1.99. The molecule has 4 nitrogen and oxygen atoms in total. The fourth-order valence-electron chi connectivity index (χ4n) is 1.58. The standard InChI is InChI=1S/C13H17N3O/c1-16-10-9-14-13(16)7-8-15-17-11-12-5-3-2-4-6-12/h2-6,9-10,15H,7-8,11H2,1H3. The maximum Gasteiger partial charge on any atom is 0.109 e. The quantitative estimate of drug-likeness (QED) is 0.607. The molecule has 4 heteroatoms. The third-order valence-corrected chi connectivity index (χ3v) is 2.56. The summed E-state index contributed by atoms with van der Waals surface area (Å²) in [6.07, 6.45) is 4.61. The van der Waals surface area contributed by atoms with Gasteiger partial charge in [0.25, 0.3) is 0 Å². The molecule has 2 aromatic rings. The molecule has 0 spiro atoms. The van der Waals surface area contributed by atoms with Gasteiger partial charge in [-0.25, -0.2) is 10.5 Å². The fourth-order valence-corrected chi connectivity index (χ4v) is 1.58. The van der Waals surface area contributed by atoms with Crippen LogP contribution in [0.15, 0.2) is 42.7 Å². The van der Waals surface area contributed by atoms with Crippen molar-refractivity contribution in [2.45, 2.75) is 13.0 Å². The summed E-state index contributed by atoms with van der Waals surface area (Å²) in [6.45, 7) is 1.35. The van der Waals surface area contributed by atoms with Crippen molar-refractivity contribution in [2.75, 3.05) is 6.54 Å². The predicted molar refractivity (Wildman–Crippen MR) is 66.1 cm³/mol. The van der Waals surface area contributed by atoms with Crippen LogP contribution >= 0.6 is 0 Å². The molecule has 0 atom stereocenters. The lowest BCUT2D eigenvalue weighted by molar-refractivity contribution is 0.0285. The van der Waals surface area contributed by atoms with Crippen LogP contribution in [0, 0.1) is 0 Å². The summed E-state index contributed by atoms with van der Waals surface area (Å²) in [5.41, 5.74) is 4.11. The van der Waals surface area contributed by atoms with Gasteiger partial charge in [-0.3, -0.25) is 4.84 Å². The second-order valence-electron chi connectivity index (χ2n) is 3.87. The first-order chi connectivity index (χ1) is 8.36. The molecule has 0 saturated carbocycles. The van der Waals surface area contributed by atoms with E-state index in [1.54, 1.807) is 6.20 Å². The Balaban J connectivity index is 1.63. The Kier molecular flexibility index (Phi) is 4.30. The van der Waals surface area contributed by atoms with Crippen LogP contribution in [-0.4, -0.2) is 16.1 Å². The number of rotatable bonds is 6. The molecule has 90 valence electrons. The number of benzene rings is 1. The number of hydroxylamine groups is 1. The van der Waals surface area contributed by atoms with Gasteiger partial charge in [-0.15, -0.1) is 0 Å². The fraction of sp³-hybridized carbons (Fsp3) is 0.308. The molecule has 1 heterocycles. The zero-order valence-electron chi connectivity index (χ0n) is 9.97. The second kappa shape index (κ2) is 6.18. The highest BCUT2D eigenvalue weighted by molar-refractivity contribution is 5.13. The van der Waals surface area contributed by atoms with Gasteiger partial charge in [0.2, 0.25) is 0 Å². The Hall–Kier alpha value is -1.65. The first-order valence-corrected chi connectivity index (χ1v) is 5.71. The Bertz CT molecular complexity index is 439. The molecule has 0 fully saturated rings. The van der Waals surface area contributed by atoms with Crippen LogP contribution < -0.4 is 5.48 Å². The Morgan fingerprint density at radius 1 is 1.29 bits per heavy atom. The highest BCUT2D eigenvalue weighted by Gasteiger charge is 1.98. The van der Waals surface area contributed by atoms with E-state index >= 15 is 0 Å². The minimum atomic E-state index is 0.585. The number of hydrogen-bond donors (Lipinski definition) is 1. The van der Waals surface area contributed by atoms with Gasteiger partial charge in [0, 0.05) is 32.4 Å². The van der Waals surface area contributed by atoms with Crippen LogP contribution in [-0.2, 0) is 24.9 Å².